The van der Waals surface area contributed by atoms with Gasteiger partial charge in [-0.15, -0.1) is 0 Å². The van der Waals surface area contributed by atoms with E-state index in [1.807, 2.05) is 43.3 Å². The molecule has 2 aromatic carbocycles. The molecule has 1 heterocycles. The lowest BCUT2D eigenvalue weighted by Crippen LogP contribution is -2.22. The zero-order valence-electron chi connectivity index (χ0n) is 12.9. The van der Waals surface area contributed by atoms with Crippen LogP contribution in [0.15, 0.2) is 64.5 Å². The Morgan fingerprint density at radius 1 is 1.09 bits per heavy atom. The second kappa shape index (κ2) is 6.38. The minimum absolute atomic E-state index is 0.0259. The van der Waals surface area contributed by atoms with Gasteiger partial charge in [0, 0.05) is 12.6 Å². The summed E-state index contributed by atoms with van der Waals surface area (Å²) in [5, 5.41) is 0.809. The van der Waals surface area contributed by atoms with Crippen molar-refractivity contribution in [2.75, 3.05) is 0 Å². The fraction of sp³-hybridized carbons (Fsp3) is 0.167. The normalized spacial score (nSPS) is 12.3. The highest BCUT2D eigenvalue weighted by molar-refractivity contribution is 8.00. The lowest BCUT2D eigenvalue weighted by Gasteiger charge is -2.13. The number of nitrogens with zero attached hydrogens (tertiary/aromatic N) is 2. The van der Waals surface area contributed by atoms with Crippen LogP contribution >= 0.6 is 11.8 Å². The molecule has 0 unspecified atom stereocenters. The third-order valence-electron chi connectivity index (χ3n) is 3.65. The quantitative estimate of drug-likeness (QED) is 0.420. The summed E-state index contributed by atoms with van der Waals surface area (Å²) >= 11 is 1.30. The van der Waals surface area contributed by atoms with E-state index < -0.39 is 0 Å². The summed E-state index contributed by atoms with van der Waals surface area (Å²) in [5.74, 6) is 0.0259. The zero-order valence-corrected chi connectivity index (χ0v) is 13.7. The number of para-hydroxylation sites is 1. The summed E-state index contributed by atoms with van der Waals surface area (Å²) in [6.45, 7) is 1.83. The molecule has 116 valence electrons. The largest absolute Gasteiger partial charge is 0.293 e. The van der Waals surface area contributed by atoms with Gasteiger partial charge in [-0.05, 0) is 19.1 Å². The molecule has 0 saturated heterocycles. The maximum atomic E-state index is 12.5. The number of fused-ring (bicyclic) bond motifs is 1. The van der Waals surface area contributed by atoms with Gasteiger partial charge in [-0.2, -0.15) is 0 Å². The molecule has 4 nitrogen and oxygen atoms in total. The van der Waals surface area contributed by atoms with Crippen LogP contribution < -0.4 is 5.56 Å². The van der Waals surface area contributed by atoms with Gasteiger partial charge in [-0.3, -0.25) is 14.2 Å². The van der Waals surface area contributed by atoms with E-state index in [2.05, 4.69) is 4.98 Å². The van der Waals surface area contributed by atoms with Crippen molar-refractivity contribution in [1.82, 2.24) is 9.55 Å². The monoisotopic (exact) mass is 324 g/mol. The number of thioether (sulfide) groups is 1. The molecule has 1 aromatic heterocycles. The van der Waals surface area contributed by atoms with Crippen LogP contribution in [0.25, 0.3) is 10.9 Å². The molecule has 0 aliphatic heterocycles. The van der Waals surface area contributed by atoms with Gasteiger partial charge in [0.2, 0.25) is 0 Å². The van der Waals surface area contributed by atoms with E-state index in [0.717, 1.165) is 0 Å². The predicted octanol–water partition coefficient (Wildman–Crippen LogP) is 3.30. The van der Waals surface area contributed by atoms with Crippen LogP contribution in [0.2, 0.25) is 0 Å². The maximum absolute atomic E-state index is 12.5. The molecular formula is C18H16N2O2S. The first kappa shape index (κ1) is 15.5. The van der Waals surface area contributed by atoms with Crippen molar-refractivity contribution in [2.24, 2.45) is 7.05 Å². The van der Waals surface area contributed by atoms with Gasteiger partial charge < -0.3 is 0 Å². The highest BCUT2D eigenvalue weighted by Crippen LogP contribution is 2.24. The van der Waals surface area contributed by atoms with E-state index in [0.29, 0.717) is 21.6 Å². The summed E-state index contributed by atoms with van der Waals surface area (Å²) in [6.07, 6.45) is 0. The number of rotatable bonds is 4. The van der Waals surface area contributed by atoms with E-state index in [9.17, 15) is 9.59 Å². The molecule has 0 saturated carbocycles. The highest BCUT2D eigenvalue weighted by Gasteiger charge is 2.19. The topological polar surface area (TPSA) is 52.0 Å². The van der Waals surface area contributed by atoms with Gasteiger partial charge in [0.25, 0.3) is 5.56 Å². The summed E-state index contributed by atoms with van der Waals surface area (Å²) in [5.41, 5.74) is 1.22. The summed E-state index contributed by atoms with van der Waals surface area (Å²) < 4.78 is 1.50. The van der Waals surface area contributed by atoms with Crippen molar-refractivity contribution in [3.05, 3.63) is 70.5 Å². The van der Waals surface area contributed by atoms with Crippen LogP contribution in [0.1, 0.15) is 17.3 Å². The number of aromatic nitrogens is 2. The van der Waals surface area contributed by atoms with Crippen LogP contribution in [0.5, 0.6) is 0 Å². The molecule has 0 N–H and O–H groups in total. The Morgan fingerprint density at radius 2 is 1.74 bits per heavy atom. The van der Waals surface area contributed by atoms with E-state index in [4.69, 9.17) is 0 Å². The number of Topliss-reactive ketones (excluding diaryl/α,β-unsaturated/α-hetero) is 1. The van der Waals surface area contributed by atoms with Gasteiger partial charge in [0.05, 0.1) is 16.2 Å². The molecule has 0 fully saturated rings. The molecule has 0 bridgehead atoms. The van der Waals surface area contributed by atoms with Crippen molar-refractivity contribution in [3.63, 3.8) is 0 Å². The minimum Gasteiger partial charge on any atom is -0.293 e. The molecule has 0 aliphatic rings. The molecule has 23 heavy (non-hydrogen) atoms. The molecule has 3 rings (SSSR count). The van der Waals surface area contributed by atoms with Crippen molar-refractivity contribution in [3.8, 4) is 0 Å². The zero-order chi connectivity index (χ0) is 16.4. The number of ketones is 1. The second-order valence-electron chi connectivity index (χ2n) is 5.27. The number of hydrogen-bond acceptors (Lipinski definition) is 4. The van der Waals surface area contributed by atoms with E-state index in [-0.39, 0.29) is 16.6 Å². The fourth-order valence-corrected chi connectivity index (χ4v) is 3.30. The van der Waals surface area contributed by atoms with Gasteiger partial charge in [0.1, 0.15) is 0 Å². The summed E-state index contributed by atoms with van der Waals surface area (Å²) in [4.78, 5) is 29.4. The molecule has 5 heteroatoms. The fourth-order valence-electron chi connectivity index (χ4n) is 2.35. The Balaban J connectivity index is 1.94. The highest BCUT2D eigenvalue weighted by atomic mass is 32.2. The molecule has 0 spiro atoms. The number of hydrogen-bond donors (Lipinski definition) is 0. The Kier molecular flexibility index (Phi) is 4.30. The first-order valence-corrected chi connectivity index (χ1v) is 8.17. The van der Waals surface area contributed by atoms with Crippen LogP contribution in [0.4, 0.5) is 0 Å². The maximum Gasteiger partial charge on any atom is 0.261 e. The first-order valence-electron chi connectivity index (χ1n) is 7.29. The average molecular weight is 324 g/mol. The van der Waals surface area contributed by atoms with Crippen LogP contribution in [-0.4, -0.2) is 20.6 Å². The van der Waals surface area contributed by atoms with Crippen LogP contribution in [0.3, 0.4) is 0 Å². The van der Waals surface area contributed by atoms with Gasteiger partial charge in [0.15, 0.2) is 10.9 Å². The summed E-state index contributed by atoms with van der Waals surface area (Å²) in [6, 6.07) is 16.4. The average Bonchev–Trinajstić information content (AvgIpc) is 2.59. The SMILES string of the molecule is C[C@H](Sc1nc2ccccc2c(=O)n1C)C(=O)c1ccccc1. The second-order valence-corrected chi connectivity index (χ2v) is 6.57. The van der Waals surface area contributed by atoms with E-state index in [1.54, 1.807) is 25.2 Å². The van der Waals surface area contributed by atoms with E-state index >= 15 is 0 Å². The molecule has 3 aromatic rings. The van der Waals surface area contributed by atoms with Crippen LogP contribution in [0, 0.1) is 0 Å². The first-order chi connectivity index (χ1) is 11.1. The Bertz CT molecular complexity index is 919. The molecule has 1 atom stereocenters. The lowest BCUT2D eigenvalue weighted by atomic mass is 10.1. The third kappa shape index (κ3) is 3.05. The van der Waals surface area contributed by atoms with Gasteiger partial charge in [-0.25, -0.2) is 4.98 Å². The Labute approximate surface area is 138 Å². The van der Waals surface area contributed by atoms with Crippen LogP contribution in [-0.2, 0) is 7.05 Å². The van der Waals surface area contributed by atoms with E-state index in [1.165, 1.54) is 16.3 Å². The van der Waals surface area contributed by atoms with Crippen molar-refractivity contribution in [1.29, 1.82) is 0 Å². The molecule has 0 radical (unpaired) electrons. The Hall–Kier alpha value is -2.40. The lowest BCUT2D eigenvalue weighted by molar-refractivity contribution is 0.0994. The van der Waals surface area contributed by atoms with Gasteiger partial charge in [-0.1, -0.05) is 54.2 Å². The van der Waals surface area contributed by atoms with Crippen molar-refractivity contribution < 1.29 is 4.79 Å². The smallest absolute Gasteiger partial charge is 0.261 e. The standard InChI is InChI=1S/C18H16N2O2S/c1-12(16(21)13-8-4-3-5-9-13)23-18-19-15-11-7-6-10-14(15)17(22)20(18)2/h3-12H,1-2H3/t12-/m0/s1. The minimum atomic E-state index is -0.323. The number of carbonyl (C=O) groups excluding carboxylic acids is 1. The molecular weight excluding hydrogens is 308 g/mol. The Morgan fingerprint density at radius 3 is 2.48 bits per heavy atom. The molecule has 0 aliphatic carbocycles. The summed E-state index contributed by atoms with van der Waals surface area (Å²) in [7, 11) is 1.68. The van der Waals surface area contributed by atoms with Gasteiger partial charge >= 0.3 is 0 Å². The number of carbonyl (C=O) groups is 1. The third-order valence-corrected chi connectivity index (χ3v) is 4.80. The molecule has 0 amide bonds. The van der Waals surface area contributed by atoms with Crippen molar-refractivity contribution >= 4 is 28.4 Å². The number of benzene rings is 2. The van der Waals surface area contributed by atoms with Crippen molar-refractivity contribution in [2.45, 2.75) is 17.3 Å². The predicted molar refractivity (Wildman–Crippen MR) is 93.1 cm³/mol.